The molecule has 6 nitrogen and oxygen atoms in total. The van der Waals surface area contributed by atoms with Crippen LogP contribution >= 0.6 is 0 Å². The summed E-state index contributed by atoms with van der Waals surface area (Å²) in [6, 6.07) is 8.17. The first-order valence-electron chi connectivity index (χ1n) is 7.16. The summed E-state index contributed by atoms with van der Waals surface area (Å²) in [7, 11) is 3.31. The Morgan fingerprint density at radius 1 is 1.14 bits per heavy atom. The number of nitrogens with zero attached hydrogens (tertiary/aromatic N) is 1. The lowest BCUT2D eigenvalue weighted by molar-refractivity contribution is -0.141. The molecule has 0 bridgehead atoms. The molecule has 0 aliphatic rings. The Balaban J connectivity index is 2.44. The van der Waals surface area contributed by atoms with Crippen LogP contribution in [0, 0.1) is 0 Å². The van der Waals surface area contributed by atoms with Crippen molar-refractivity contribution >= 4 is 17.8 Å². The number of rotatable bonds is 8. The van der Waals surface area contributed by atoms with Crippen LogP contribution in [0.3, 0.4) is 0 Å². The average Bonchev–Trinajstić information content (AvgIpc) is 2.47. The van der Waals surface area contributed by atoms with Gasteiger partial charge in [0.25, 0.3) is 0 Å². The number of amides is 2. The van der Waals surface area contributed by atoms with E-state index in [1.807, 2.05) is 30.3 Å². The fourth-order valence-electron chi connectivity index (χ4n) is 1.94. The van der Waals surface area contributed by atoms with E-state index in [1.165, 1.54) is 4.90 Å². The topological polar surface area (TPSA) is 86.7 Å². The van der Waals surface area contributed by atoms with Gasteiger partial charge in [-0.15, -0.1) is 0 Å². The Kier molecular flexibility index (Phi) is 7.08. The van der Waals surface area contributed by atoms with Crippen molar-refractivity contribution < 1.29 is 19.5 Å². The average molecular weight is 306 g/mol. The predicted molar refractivity (Wildman–Crippen MR) is 82.3 cm³/mol. The van der Waals surface area contributed by atoms with E-state index in [4.69, 9.17) is 0 Å². The molecule has 0 fully saturated rings. The summed E-state index contributed by atoms with van der Waals surface area (Å²) in [6.07, 6.45) is 1.05. The highest BCUT2D eigenvalue weighted by molar-refractivity contribution is 5.84. The standard InChI is InChI=1S/C16H22N2O4/c1-18(2)15(20)10-6-9-14(19)17-13(16(21)22)11-12-7-4-3-5-8-12/h3-5,7-8,13H,6,9-11H2,1-2H3,(H,17,19)(H,21,22). The zero-order chi connectivity index (χ0) is 16.5. The van der Waals surface area contributed by atoms with E-state index in [1.54, 1.807) is 14.1 Å². The number of nitrogens with one attached hydrogen (secondary N) is 1. The maximum Gasteiger partial charge on any atom is 0.326 e. The Hall–Kier alpha value is -2.37. The van der Waals surface area contributed by atoms with Gasteiger partial charge in [-0.05, 0) is 12.0 Å². The fraction of sp³-hybridized carbons (Fsp3) is 0.438. The minimum absolute atomic E-state index is 0.0492. The van der Waals surface area contributed by atoms with Crippen LogP contribution in [0.1, 0.15) is 24.8 Å². The third-order valence-electron chi connectivity index (χ3n) is 3.21. The molecule has 2 amide bonds. The van der Waals surface area contributed by atoms with Crippen LogP contribution in [0.15, 0.2) is 30.3 Å². The molecule has 1 atom stereocenters. The van der Waals surface area contributed by atoms with Crippen molar-refractivity contribution in [2.45, 2.75) is 31.7 Å². The molecule has 1 aromatic rings. The van der Waals surface area contributed by atoms with Crippen molar-refractivity contribution in [3.8, 4) is 0 Å². The van der Waals surface area contributed by atoms with Crippen molar-refractivity contribution in [3.05, 3.63) is 35.9 Å². The zero-order valence-electron chi connectivity index (χ0n) is 12.9. The normalized spacial score (nSPS) is 11.5. The number of benzene rings is 1. The molecule has 1 unspecified atom stereocenters. The van der Waals surface area contributed by atoms with Gasteiger partial charge in [-0.25, -0.2) is 4.79 Å². The third kappa shape index (κ3) is 6.39. The SMILES string of the molecule is CN(C)C(=O)CCCC(=O)NC(Cc1ccccc1)C(=O)O. The summed E-state index contributed by atoms with van der Waals surface area (Å²) in [5, 5.41) is 11.7. The summed E-state index contributed by atoms with van der Waals surface area (Å²) in [5.74, 6) is -1.47. The van der Waals surface area contributed by atoms with E-state index in [0.717, 1.165) is 5.56 Å². The highest BCUT2D eigenvalue weighted by Crippen LogP contribution is 2.05. The molecule has 0 heterocycles. The van der Waals surface area contributed by atoms with Gasteiger partial charge >= 0.3 is 5.97 Å². The van der Waals surface area contributed by atoms with Crippen LogP contribution in [0.25, 0.3) is 0 Å². The first-order chi connectivity index (χ1) is 10.4. The van der Waals surface area contributed by atoms with Gasteiger partial charge in [0, 0.05) is 33.4 Å². The van der Waals surface area contributed by atoms with E-state index in [0.29, 0.717) is 6.42 Å². The summed E-state index contributed by atoms with van der Waals surface area (Å²) in [6.45, 7) is 0. The van der Waals surface area contributed by atoms with Gasteiger partial charge in [0.1, 0.15) is 6.04 Å². The second-order valence-corrected chi connectivity index (χ2v) is 5.29. The van der Waals surface area contributed by atoms with Crippen LogP contribution in [-0.2, 0) is 20.8 Å². The third-order valence-corrected chi connectivity index (χ3v) is 3.21. The number of aliphatic carboxylic acids is 1. The molecule has 120 valence electrons. The Morgan fingerprint density at radius 2 is 1.77 bits per heavy atom. The number of carbonyl (C=O) groups excluding carboxylic acids is 2. The second kappa shape index (κ2) is 8.81. The quantitative estimate of drug-likeness (QED) is 0.752. The molecule has 0 saturated carbocycles. The van der Waals surface area contributed by atoms with Gasteiger partial charge < -0.3 is 15.3 Å². The lowest BCUT2D eigenvalue weighted by Crippen LogP contribution is -2.42. The van der Waals surface area contributed by atoms with Crippen molar-refractivity contribution in [1.82, 2.24) is 10.2 Å². The van der Waals surface area contributed by atoms with Crippen molar-refractivity contribution in [2.24, 2.45) is 0 Å². The summed E-state index contributed by atoms with van der Waals surface area (Å²) < 4.78 is 0. The Morgan fingerprint density at radius 3 is 2.32 bits per heavy atom. The smallest absolute Gasteiger partial charge is 0.326 e. The van der Waals surface area contributed by atoms with Gasteiger partial charge in [0.05, 0.1) is 0 Å². The van der Waals surface area contributed by atoms with Crippen LogP contribution in [0.4, 0.5) is 0 Å². The summed E-state index contributed by atoms with van der Waals surface area (Å²) >= 11 is 0. The molecule has 0 spiro atoms. The fourth-order valence-corrected chi connectivity index (χ4v) is 1.94. The van der Waals surface area contributed by atoms with Crippen LogP contribution in [0.2, 0.25) is 0 Å². The molecule has 22 heavy (non-hydrogen) atoms. The van der Waals surface area contributed by atoms with Crippen molar-refractivity contribution in [2.75, 3.05) is 14.1 Å². The maximum atomic E-state index is 11.8. The molecule has 0 radical (unpaired) electrons. The lowest BCUT2D eigenvalue weighted by Gasteiger charge is -2.15. The molecule has 0 saturated heterocycles. The summed E-state index contributed by atoms with van der Waals surface area (Å²) in [5.41, 5.74) is 0.845. The van der Waals surface area contributed by atoms with Crippen molar-refractivity contribution in [3.63, 3.8) is 0 Å². The number of hydrogen-bond donors (Lipinski definition) is 2. The monoisotopic (exact) mass is 306 g/mol. The van der Waals surface area contributed by atoms with E-state index in [-0.39, 0.29) is 31.1 Å². The number of hydrogen-bond acceptors (Lipinski definition) is 3. The molecular weight excluding hydrogens is 284 g/mol. The van der Waals surface area contributed by atoms with E-state index >= 15 is 0 Å². The molecule has 1 rings (SSSR count). The zero-order valence-corrected chi connectivity index (χ0v) is 12.9. The van der Waals surface area contributed by atoms with Crippen LogP contribution < -0.4 is 5.32 Å². The lowest BCUT2D eigenvalue weighted by atomic mass is 10.1. The number of carbonyl (C=O) groups is 3. The highest BCUT2D eigenvalue weighted by atomic mass is 16.4. The molecule has 1 aromatic carbocycles. The molecule has 2 N–H and O–H groups in total. The molecule has 0 aliphatic heterocycles. The van der Waals surface area contributed by atoms with Gasteiger partial charge in [-0.3, -0.25) is 9.59 Å². The first kappa shape index (κ1) is 17.7. The molecule has 0 aromatic heterocycles. The minimum atomic E-state index is -1.07. The highest BCUT2D eigenvalue weighted by Gasteiger charge is 2.20. The molecule has 6 heteroatoms. The largest absolute Gasteiger partial charge is 0.480 e. The Labute approximate surface area is 130 Å². The van der Waals surface area contributed by atoms with Crippen molar-refractivity contribution in [1.29, 1.82) is 0 Å². The minimum Gasteiger partial charge on any atom is -0.480 e. The predicted octanol–water partition coefficient (Wildman–Crippen LogP) is 1.06. The van der Waals surface area contributed by atoms with Gasteiger partial charge in [0.2, 0.25) is 11.8 Å². The van der Waals surface area contributed by atoms with Crippen LogP contribution in [-0.4, -0.2) is 47.9 Å². The van der Waals surface area contributed by atoms with Gasteiger partial charge in [-0.1, -0.05) is 30.3 Å². The van der Waals surface area contributed by atoms with E-state index in [9.17, 15) is 19.5 Å². The number of carboxylic acid groups (broad SMARTS) is 1. The van der Waals surface area contributed by atoms with E-state index in [2.05, 4.69) is 5.32 Å². The van der Waals surface area contributed by atoms with Gasteiger partial charge in [0.15, 0.2) is 0 Å². The Bertz CT molecular complexity index is 514. The van der Waals surface area contributed by atoms with Gasteiger partial charge in [-0.2, -0.15) is 0 Å². The second-order valence-electron chi connectivity index (χ2n) is 5.29. The first-order valence-corrected chi connectivity index (χ1v) is 7.16. The maximum absolute atomic E-state index is 11.8. The number of carboxylic acids is 1. The van der Waals surface area contributed by atoms with Crippen LogP contribution in [0.5, 0.6) is 0 Å². The van der Waals surface area contributed by atoms with E-state index < -0.39 is 12.0 Å². The molecule has 0 aliphatic carbocycles. The molecular formula is C16H22N2O4. The summed E-state index contributed by atoms with van der Waals surface area (Å²) in [4.78, 5) is 35.9.